The first-order valence-corrected chi connectivity index (χ1v) is 19.3. The van der Waals surface area contributed by atoms with Crippen LogP contribution < -0.4 is 0 Å². The zero-order valence-electron chi connectivity index (χ0n) is 30.3. The second-order valence-electron chi connectivity index (χ2n) is 13.4. The summed E-state index contributed by atoms with van der Waals surface area (Å²) in [6, 6.07) is 60.6. The molecule has 0 saturated carbocycles. The van der Waals surface area contributed by atoms with Crippen molar-refractivity contribution in [1.82, 2.24) is 29.9 Å². The fraction of sp³-hybridized carbons (Fsp3) is 0. The molecule has 266 valence electrons. The summed E-state index contributed by atoms with van der Waals surface area (Å²) in [5.74, 6) is 3.56. The minimum atomic E-state index is 0.560. The van der Waals surface area contributed by atoms with E-state index in [1.54, 1.807) is 11.3 Å². The van der Waals surface area contributed by atoms with Gasteiger partial charge in [-0.25, -0.2) is 29.9 Å². The van der Waals surface area contributed by atoms with E-state index in [1.165, 1.54) is 0 Å². The van der Waals surface area contributed by atoms with Gasteiger partial charge in [-0.2, -0.15) is 5.26 Å². The van der Waals surface area contributed by atoms with Crippen molar-refractivity contribution in [2.75, 3.05) is 0 Å². The van der Waals surface area contributed by atoms with Crippen molar-refractivity contribution in [1.29, 1.82) is 5.26 Å². The average Bonchev–Trinajstić information content (AvgIpc) is 3.69. The van der Waals surface area contributed by atoms with Crippen LogP contribution in [0.2, 0.25) is 0 Å². The van der Waals surface area contributed by atoms with E-state index in [9.17, 15) is 5.26 Å². The van der Waals surface area contributed by atoms with Gasteiger partial charge in [-0.1, -0.05) is 158 Å². The Morgan fingerprint density at radius 1 is 0.351 bits per heavy atom. The first kappa shape index (κ1) is 33.8. The van der Waals surface area contributed by atoms with Crippen molar-refractivity contribution >= 4 is 31.5 Å². The van der Waals surface area contributed by atoms with Crippen LogP contribution in [0.4, 0.5) is 0 Å². The van der Waals surface area contributed by atoms with E-state index in [1.807, 2.05) is 140 Å². The number of rotatable bonds is 7. The van der Waals surface area contributed by atoms with Crippen molar-refractivity contribution < 1.29 is 0 Å². The van der Waals surface area contributed by atoms with Crippen LogP contribution in [-0.4, -0.2) is 29.9 Å². The summed E-state index contributed by atoms with van der Waals surface area (Å²) in [4.78, 5) is 30.3. The molecule has 0 amide bonds. The lowest BCUT2D eigenvalue weighted by Crippen LogP contribution is -2.00. The van der Waals surface area contributed by atoms with Gasteiger partial charge < -0.3 is 0 Å². The second-order valence-corrected chi connectivity index (χ2v) is 14.5. The highest BCUT2D eigenvalue weighted by atomic mass is 32.1. The van der Waals surface area contributed by atoms with Crippen LogP contribution >= 0.6 is 11.3 Å². The number of benzene rings is 7. The first-order chi connectivity index (χ1) is 28.2. The quantitative estimate of drug-likeness (QED) is 0.160. The van der Waals surface area contributed by atoms with Crippen LogP contribution in [0.5, 0.6) is 0 Å². The van der Waals surface area contributed by atoms with E-state index in [4.69, 9.17) is 29.9 Å². The molecule has 10 aromatic rings. The number of nitrogens with zero attached hydrogens (tertiary/aromatic N) is 7. The molecule has 0 aliphatic carbocycles. The van der Waals surface area contributed by atoms with Gasteiger partial charge in [-0.15, -0.1) is 11.3 Å². The number of aromatic nitrogens is 6. The summed E-state index contributed by atoms with van der Waals surface area (Å²) in [7, 11) is 0. The number of hydrogen-bond donors (Lipinski definition) is 0. The maximum atomic E-state index is 9.71. The zero-order valence-corrected chi connectivity index (χ0v) is 31.1. The van der Waals surface area contributed by atoms with Crippen molar-refractivity contribution in [3.05, 3.63) is 181 Å². The maximum absolute atomic E-state index is 9.71. The Hall–Kier alpha value is -7.73. The highest BCUT2D eigenvalue weighted by Gasteiger charge is 2.20. The molecule has 7 aromatic carbocycles. The molecule has 57 heavy (non-hydrogen) atoms. The Morgan fingerprint density at radius 2 is 0.772 bits per heavy atom. The second kappa shape index (κ2) is 14.5. The average molecular weight is 748 g/mol. The Labute approximate surface area is 332 Å². The fourth-order valence-corrected chi connectivity index (χ4v) is 8.35. The van der Waals surface area contributed by atoms with Gasteiger partial charge in [-0.05, 0) is 29.3 Å². The molecule has 0 N–H and O–H groups in total. The molecule has 0 aliphatic heterocycles. The molecule has 0 aliphatic rings. The van der Waals surface area contributed by atoms with Gasteiger partial charge in [0.2, 0.25) is 0 Å². The Morgan fingerprint density at radius 3 is 1.33 bits per heavy atom. The molecule has 10 rings (SSSR count). The third-order valence-electron chi connectivity index (χ3n) is 9.87. The lowest BCUT2D eigenvalue weighted by Gasteiger charge is -2.10. The van der Waals surface area contributed by atoms with Crippen LogP contribution in [0.3, 0.4) is 0 Å². The summed E-state index contributed by atoms with van der Waals surface area (Å²) in [6.45, 7) is 0. The number of nitriles is 1. The van der Waals surface area contributed by atoms with Gasteiger partial charge in [0.15, 0.2) is 34.9 Å². The SMILES string of the molecule is N#Cc1ccccc1-c1ccc(-c2nc(-c3ccccc3)nc(-c3cccc4c3sc3cccc(-c5nc(-c6ccccc6)nc(-c6ccccc6)n5)c34)n2)cc1. The lowest BCUT2D eigenvalue weighted by atomic mass is 9.99. The normalized spacial score (nSPS) is 11.1. The van der Waals surface area contributed by atoms with Gasteiger partial charge in [0.05, 0.1) is 11.6 Å². The van der Waals surface area contributed by atoms with Crippen LogP contribution in [0, 0.1) is 11.3 Å². The van der Waals surface area contributed by atoms with Gasteiger partial charge in [0.25, 0.3) is 0 Å². The first-order valence-electron chi connectivity index (χ1n) is 18.4. The minimum Gasteiger partial charge on any atom is -0.208 e. The maximum Gasteiger partial charge on any atom is 0.165 e. The van der Waals surface area contributed by atoms with Crippen molar-refractivity contribution in [2.45, 2.75) is 0 Å². The van der Waals surface area contributed by atoms with Gasteiger partial charge in [0, 0.05) is 53.6 Å². The molecule has 3 heterocycles. The van der Waals surface area contributed by atoms with E-state index < -0.39 is 0 Å². The van der Waals surface area contributed by atoms with E-state index in [-0.39, 0.29) is 0 Å². The number of hydrogen-bond acceptors (Lipinski definition) is 8. The molecule has 0 fully saturated rings. The monoisotopic (exact) mass is 747 g/mol. The number of thiophene rings is 1. The third-order valence-corrected chi connectivity index (χ3v) is 11.1. The zero-order chi connectivity index (χ0) is 38.1. The van der Waals surface area contributed by atoms with Crippen LogP contribution in [-0.2, 0) is 0 Å². The molecule has 0 radical (unpaired) electrons. The summed E-state index contributed by atoms with van der Waals surface area (Å²) < 4.78 is 2.16. The fourth-order valence-electron chi connectivity index (χ4n) is 7.11. The summed E-state index contributed by atoms with van der Waals surface area (Å²) in [5.41, 5.74) is 7.87. The van der Waals surface area contributed by atoms with Crippen LogP contribution in [0.1, 0.15) is 5.56 Å². The Kier molecular flexibility index (Phi) is 8.60. The highest BCUT2D eigenvalue weighted by molar-refractivity contribution is 7.26. The lowest BCUT2D eigenvalue weighted by molar-refractivity contribution is 1.08. The molecule has 7 nitrogen and oxygen atoms in total. The van der Waals surface area contributed by atoms with Gasteiger partial charge in [-0.3, -0.25) is 0 Å². The molecule has 0 atom stereocenters. The Balaban J connectivity index is 1.14. The minimum absolute atomic E-state index is 0.560. The summed E-state index contributed by atoms with van der Waals surface area (Å²) in [5, 5.41) is 11.8. The molecule has 3 aromatic heterocycles. The predicted octanol–water partition coefficient (Wildman–Crippen LogP) is 12.0. The molecule has 0 spiro atoms. The summed E-state index contributed by atoms with van der Waals surface area (Å²) in [6.07, 6.45) is 0. The summed E-state index contributed by atoms with van der Waals surface area (Å²) >= 11 is 1.70. The molecular formula is C49H29N7S. The van der Waals surface area contributed by atoms with Crippen molar-refractivity contribution in [3.63, 3.8) is 0 Å². The standard InChI is InChI=1S/C49H29N7S/c50-30-36-20-10-11-21-37(36)31-26-28-35(29-27-31)47-52-46(34-18-8-3-9-19-34)55-49(56-47)40-24-12-22-38-42-39(23-13-25-41(42)57-43(38)40)48-53-44(32-14-4-1-5-15-32)51-45(54-48)33-16-6-2-7-17-33/h1-29H. The third kappa shape index (κ3) is 6.38. The van der Waals surface area contributed by atoms with Gasteiger partial charge in [0.1, 0.15) is 0 Å². The number of fused-ring (bicyclic) bond motifs is 3. The highest BCUT2D eigenvalue weighted by Crippen LogP contribution is 2.43. The van der Waals surface area contributed by atoms with Crippen LogP contribution in [0.25, 0.3) is 99.6 Å². The van der Waals surface area contributed by atoms with Crippen molar-refractivity contribution in [2.24, 2.45) is 0 Å². The van der Waals surface area contributed by atoms with Crippen molar-refractivity contribution in [3.8, 4) is 85.5 Å². The van der Waals surface area contributed by atoms with E-state index in [2.05, 4.69) is 42.5 Å². The van der Waals surface area contributed by atoms with E-state index in [0.29, 0.717) is 40.5 Å². The molecule has 0 saturated heterocycles. The molecule has 8 heteroatoms. The molecule has 0 bridgehead atoms. The largest absolute Gasteiger partial charge is 0.208 e. The van der Waals surface area contributed by atoms with Gasteiger partial charge >= 0.3 is 0 Å². The topological polar surface area (TPSA) is 101 Å². The Bertz CT molecular complexity index is 3060. The van der Waals surface area contributed by atoms with Crippen LogP contribution in [0.15, 0.2) is 176 Å². The predicted molar refractivity (Wildman–Crippen MR) is 229 cm³/mol. The molecular weight excluding hydrogens is 719 g/mol. The van der Waals surface area contributed by atoms with E-state index >= 15 is 0 Å². The van der Waals surface area contributed by atoms with E-state index in [0.717, 1.165) is 64.7 Å². The smallest absolute Gasteiger partial charge is 0.165 e. The molecule has 0 unspecified atom stereocenters.